The highest BCUT2D eigenvalue weighted by Crippen LogP contribution is 2.32. The fourth-order valence-electron chi connectivity index (χ4n) is 10.6. The maximum Gasteiger partial charge on any atom is 0.279 e. The molecule has 1 aliphatic rings. The zero-order valence-corrected chi connectivity index (χ0v) is 67.1. The van der Waals surface area contributed by atoms with Crippen molar-refractivity contribution in [3.05, 3.63) is 102 Å². The third-order valence-electron chi connectivity index (χ3n) is 16.1. The predicted octanol–water partition coefficient (Wildman–Crippen LogP) is 11.4. The molecule has 0 saturated heterocycles. The zero-order valence-electron chi connectivity index (χ0n) is 67.1. The van der Waals surface area contributed by atoms with E-state index in [1.165, 1.54) is 6.33 Å². The van der Waals surface area contributed by atoms with E-state index < -0.39 is 0 Å². The molecule has 0 unspecified atom stereocenters. The number of nitrogens with zero attached hydrogens (tertiary/aromatic N) is 26. The van der Waals surface area contributed by atoms with E-state index in [2.05, 4.69) is 237 Å². The average Bonchev–Trinajstić information content (AvgIpc) is 1.65. The van der Waals surface area contributed by atoms with Crippen molar-refractivity contribution in [1.29, 1.82) is 0 Å². The van der Waals surface area contributed by atoms with Gasteiger partial charge in [0.1, 0.15) is 34.8 Å². The highest BCUT2D eigenvalue weighted by atomic mass is 16.5. The van der Waals surface area contributed by atoms with Crippen LogP contribution < -0.4 is 31.2 Å². The fourth-order valence-corrected chi connectivity index (χ4v) is 10.6. The first-order chi connectivity index (χ1) is 50.2. The molecule has 0 atom stereocenters. The van der Waals surface area contributed by atoms with E-state index in [1.54, 1.807) is 84.8 Å². The van der Waals surface area contributed by atoms with Crippen LogP contribution in [0.1, 0.15) is 191 Å². The number of rotatable bonds is 4. The third kappa shape index (κ3) is 18.2. The summed E-state index contributed by atoms with van der Waals surface area (Å²) < 4.78 is 29.3. The van der Waals surface area contributed by atoms with Gasteiger partial charge >= 0.3 is 0 Å². The molecule has 14 rings (SSSR count). The molecule has 1 aliphatic heterocycles. The maximum absolute atomic E-state index is 11.6. The van der Waals surface area contributed by atoms with Crippen molar-refractivity contribution in [2.45, 2.75) is 211 Å². The molecule has 14 heterocycles. The summed E-state index contributed by atoms with van der Waals surface area (Å²) in [6.45, 7) is 52.8. The number of aromatic amines is 1. The first-order valence-electron chi connectivity index (χ1n) is 34.6. The molecular formula is C74H101N29O5. The molecule has 0 aliphatic carbocycles. The van der Waals surface area contributed by atoms with Crippen molar-refractivity contribution in [1.82, 2.24) is 127 Å². The largest absolute Gasteiger partial charge is 0.479 e. The normalized spacial score (nSPS) is 12.5. The van der Waals surface area contributed by atoms with Crippen LogP contribution in [-0.4, -0.2) is 160 Å². The van der Waals surface area contributed by atoms with Gasteiger partial charge in [-0.15, -0.1) is 6.42 Å². The smallest absolute Gasteiger partial charge is 0.279 e. The molecule has 0 aromatic carbocycles. The Kier molecular flexibility index (Phi) is 23.6. The second-order valence-electron chi connectivity index (χ2n) is 32.0. The SMILES string of the molecule is C#Cc1nc(N)c2ncn(C(C)(C)C)c2n1.C=Cc1nc(N)c2ncn(C(C)(C)C)c2n1.CC(C)(C)n1cnc2c1N=CCC2=O.COc1nc(C)nc2c1ncn2C(C)(C)C.COc1nc(C)nc2c1ncn2C(C)(C)C.COc1ncnc2c1ncn2C(C)(C)C.Cc1nc2c(ncn2C(C)(C)C)c(=O)[nH]1. The van der Waals surface area contributed by atoms with Crippen LogP contribution in [0.5, 0.6) is 17.6 Å². The first-order valence-corrected chi connectivity index (χ1v) is 34.6. The summed E-state index contributed by atoms with van der Waals surface area (Å²) in [6, 6.07) is 0. The van der Waals surface area contributed by atoms with Gasteiger partial charge in [0, 0.05) is 51.4 Å². The summed E-state index contributed by atoms with van der Waals surface area (Å²) in [6.07, 6.45) is 22.5. The number of carbonyl (C=O) groups is 1. The van der Waals surface area contributed by atoms with E-state index in [9.17, 15) is 9.59 Å². The molecule has 0 fully saturated rings. The molecule has 572 valence electrons. The van der Waals surface area contributed by atoms with E-state index in [0.717, 1.165) is 22.6 Å². The van der Waals surface area contributed by atoms with Crippen LogP contribution >= 0.6 is 0 Å². The number of nitrogens with one attached hydrogen (secondary N) is 1. The van der Waals surface area contributed by atoms with Gasteiger partial charge in [-0.25, -0.2) is 79.8 Å². The van der Waals surface area contributed by atoms with Gasteiger partial charge in [0.2, 0.25) is 23.5 Å². The van der Waals surface area contributed by atoms with Gasteiger partial charge in [-0.2, -0.15) is 15.0 Å². The number of nitrogens with two attached hydrogens (primary N) is 2. The van der Waals surface area contributed by atoms with Crippen molar-refractivity contribution < 1.29 is 19.0 Å². The van der Waals surface area contributed by atoms with Gasteiger partial charge in [0.25, 0.3) is 5.56 Å². The standard InChI is InChI=1S/C11H15N5.C11H13N5.2C11H16N4O.2C10H14N4O.C10H13N3O/c2*1-5-7-14-9(12)8-10(15-7)16(6-13-8)11(2,3)4;2*1-7-13-9-8(10(14-7)16-5)12-6-15(9)11(2,3)4;1-10(2,3)14-6-13-7-8(14)11-5-12-9(7)15-4;1-6-12-8-7(9(15)13-6)11-5-14(8)10(2,3)4;1-10(2,3)13-6-12-8-7(14)4-5-11-9(8)13/h5-6H,1H2,2-4H3,(H2,12,14,15);1,6H,2-4H3,(H2,12,14,15);2*6H,1-5H3;5-6H,1-4H3;5H,1-4H3,(H,12,13,15);5-6H,4H2,1-3H3. The van der Waals surface area contributed by atoms with Crippen molar-refractivity contribution >= 4 is 103 Å². The maximum atomic E-state index is 11.6. The molecule has 0 bridgehead atoms. The Hall–Kier alpha value is -12.1. The minimum atomic E-state index is -0.180. The lowest BCUT2D eigenvalue weighted by Gasteiger charge is -2.22. The molecule has 0 saturated carbocycles. The van der Waals surface area contributed by atoms with Gasteiger partial charge < -0.3 is 62.6 Å². The average molecular weight is 1480 g/mol. The Labute approximate surface area is 627 Å². The number of aryl methyl sites for hydroxylation is 3. The quantitative estimate of drug-likeness (QED) is 0.138. The van der Waals surface area contributed by atoms with E-state index in [-0.39, 0.29) is 55.9 Å². The number of nitrogen functional groups attached to an aromatic ring is 2. The topological polar surface area (TPSA) is 409 Å². The Morgan fingerprint density at radius 3 is 1.20 bits per heavy atom. The number of aromatic nitrogens is 26. The molecular weight excluding hydrogens is 1380 g/mol. The second kappa shape index (κ2) is 31.2. The number of methoxy groups -OCH3 is 3. The number of hydrogen-bond donors (Lipinski definition) is 3. The van der Waals surface area contributed by atoms with Crippen LogP contribution in [0.4, 0.5) is 17.5 Å². The molecule has 34 heteroatoms. The first kappa shape index (κ1) is 81.6. The minimum Gasteiger partial charge on any atom is -0.479 e. The zero-order chi connectivity index (χ0) is 80.3. The van der Waals surface area contributed by atoms with Crippen molar-refractivity contribution in [3.8, 4) is 30.0 Å². The lowest BCUT2D eigenvalue weighted by Crippen LogP contribution is -2.22. The van der Waals surface area contributed by atoms with Gasteiger partial charge in [0.15, 0.2) is 90.7 Å². The predicted molar refractivity (Wildman–Crippen MR) is 420 cm³/mol. The number of H-pyrrole nitrogens is 1. The molecule has 0 amide bonds. The number of aliphatic imine (C=N–C) groups is 1. The van der Waals surface area contributed by atoms with Crippen molar-refractivity contribution in [2.24, 2.45) is 4.99 Å². The Bertz CT molecular complexity index is 5450. The minimum absolute atomic E-state index is 0.0475. The summed E-state index contributed by atoms with van der Waals surface area (Å²) in [5, 5.41) is 0. The number of Topliss-reactive ketones (excluding diaryl/α,β-unsaturated/α-hetero) is 1. The van der Waals surface area contributed by atoms with Crippen LogP contribution in [-0.2, 0) is 38.8 Å². The Morgan fingerprint density at radius 1 is 0.435 bits per heavy atom. The number of hydrogen-bond acceptors (Lipinski definition) is 26. The van der Waals surface area contributed by atoms with E-state index in [1.807, 2.05) is 66.6 Å². The monoisotopic (exact) mass is 1480 g/mol. The fraction of sp³-hybridized carbons (Fsp3) is 0.473. The van der Waals surface area contributed by atoms with Crippen LogP contribution in [0, 0.1) is 33.1 Å². The summed E-state index contributed by atoms with van der Waals surface area (Å²) in [5.41, 5.74) is 19.6. The van der Waals surface area contributed by atoms with Gasteiger partial charge in [0.05, 0.1) is 65.6 Å². The van der Waals surface area contributed by atoms with Gasteiger partial charge in [-0.3, -0.25) is 9.59 Å². The van der Waals surface area contributed by atoms with Crippen molar-refractivity contribution in [2.75, 3.05) is 32.8 Å². The number of ether oxygens (including phenoxy) is 3. The second-order valence-corrected chi connectivity index (χ2v) is 32.0. The number of ketones is 1. The summed E-state index contributed by atoms with van der Waals surface area (Å²) in [4.78, 5) is 106. The lowest BCUT2D eigenvalue weighted by molar-refractivity contribution is 0.0996. The van der Waals surface area contributed by atoms with Gasteiger partial charge in [-0.05, 0) is 178 Å². The molecule has 13 aromatic rings. The Balaban J connectivity index is 0.000000159. The highest BCUT2D eigenvalue weighted by Gasteiger charge is 2.28. The summed E-state index contributed by atoms with van der Waals surface area (Å²) >= 11 is 0. The number of fused-ring (bicyclic) bond motifs is 7. The summed E-state index contributed by atoms with van der Waals surface area (Å²) in [5.74, 6) is 8.22. The highest BCUT2D eigenvalue weighted by molar-refractivity contribution is 6.08. The molecule has 0 radical (unpaired) electrons. The summed E-state index contributed by atoms with van der Waals surface area (Å²) in [7, 11) is 4.77. The Morgan fingerprint density at radius 2 is 0.796 bits per heavy atom. The number of terminal acetylenes is 1. The third-order valence-corrected chi connectivity index (χ3v) is 16.1. The van der Waals surface area contributed by atoms with Gasteiger partial charge in [-0.1, -0.05) is 6.58 Å². The molecule has 5 N–H and O–H groups in total. The molecule has 13 aromatic heterocycles. The number of carbonyl (C=O) groups excluding carboxylic acids is 1. The van der Waals surface area contributed by atoms with E-state index in [4.69, 9.17) is 32.1 Å². The number of imidazole rings is 7. The van der Waals surface area contributed by atoms with Crippen LogP contribution in [0.15, 0.2) is 67.0 Å². The lowest BCUT2D eigenvalue weighted by atomic mass is 10.1. The molecule has 108 heavy (non-hydrogen) atoms. The molecule has 0 spiro atoms. The van der Waals surface area contributed by atoms with Crippen LogP contribution in [0.2, 0.25) is 0 Å². The van der Waals surface area contributed by atoms with Crippen molar-refractivity contribution in [3.63, 3.8) is 0 Å². The van der Waals surface area contributed by atoms with E-state index >= 15 is 0 Å². The number of anilines is 2. The molecule has 34 nitrogen and oxygen atoms in total. The van der Waals surface area contributed by atoms with Crippen LogP contribution in [0.3, 0.4) is 0 Å². The van der Waals surface area contributed by atoms with Crippen LogP contribution in [0.25, 0.3) is 73.1 Å². The van der Waals surface area contributed by atoms with E-state index in [0.29, 0.717) is 115 Å².